The van der Waals surface area contributed by atoms with Gasteiger partial charge in [0.05, 0.1) is 18.8 Å². The molecule has 3 heterocycles. The number of carbonyl (C=O) groups excluding carboxylic acids is 2. The van der Waals surface area contributed by atoms with Crippen molar-refractivity contribution in [1.82, 2.24) is 35.4 Å². The number of hydrogen-bond donors (Lipinski definition) is 1. The van der Waals surface area contributed by atoms with Gasteiger partial charge in [0.1, 0.15) is 11.4 Å². The average molecular weight is 566 g/mol. The molecular weight excluding hydrogens is 535 g/mol. The van der Waals surface area contributed by atoms with Crippen molar-refractivity contribution in [3.05, 3.63) is 42.0 Å². The van der Waals surface area contributed by atoms with Gasteiger partial charge in [-0.3, -0.25) is 9.48 Å². The number of nitrogens with zero attached hydrogens (tertiary/aromatic N) is 6. The van der Waals surface area contributed by atoms with Gasteiger partial charge in [-0.25, -0.2) is 4.79 Å². The van der Waals surface area contributed by atoms with Gasteiger partial charge in [0.25, 0.3) is 0 Å². The Hall–Kier alpha value is -4.17. The van der Waals surface area contributed by atoms with E-state index in [0.29, 0.717) is 31.4 Å². The van der Waals surface area contributed by atoms with Crippen LogP contribution in [-0.4, -0.2) is 72.7 Å². The maximum atomic E-state index is 13.0. The van der Waals surface area contributed by atoms with Crippen molar-refractivity contribution < 1.29 is 36.7 Å². The standard InChI is InChI=1S/C25H30F3N7O5/c1-5-6-15-7-8-18(39-25(26,27)28)12-19(15)21-31-32-22(38-21)20(36)30-16-11-17(14-34-10-9-29-33-34)35(13-16)23(37)40-24(2,3)4/h7-10,12,16-17H,5-6,11,13-14H2,1-4H3,(H,30,36)/t16-,17+/m1/s1. The summed E-state index contributed by atoms with van der Waals surface area (Å²) in [6, 6.07) is 3.04. The molecule has 0 saturated carbocycles. The van der Waals surface area contributed by atoms with Gasteiger partial charge in [0.2, 0.25) is 5.89 Å². The molecule has 0 spiro atoms. The third-order valence-electron chi connectivity index (χ3n) is 5.93. The monoisotopic (exact) mass is 565 g/mol. The van der Waals surface area contributed by atoms with Crippen LogP contribution in [-0.2, 0) is 17.7 Å². The summed E-state index contributed by atoms with van der Waals surface area (Å²) in [6.07, 6.45) is -0.580. The lowest BCUT2D eigenvalue weighted by Gasteiger charge is -2.28. The fourth-order valence-electron chi connectivity index (χ4n) is 4.39. The second-order valence-corrected chi connectivity index (χ2v) is 10.3. The summed E-state index contributed by atoms with van der Waals surface area (Å²) in [5, 5.41) is 18.2. The molecule has 1 aromatic carbocycles. The largest absolute Gasteiger partial charge is 0.573 e. The lowest BCUT2D eigenvalue weighted by molar-refractivity contribution is -0.274. The van der Waals surface area contributed by atoms with Gasteiger partial charge >= 0.3 is 24.3 Å². The Balaban J connectivity index is 1.49. The molecule has 0 radical (unpaired) electrons. The van der Waals surface area contributed by atoms with Crippen LogP contribution in [0.4, 0.5) is 18.0 Å². The predicted octanol–water partition coefficient (Wildman–Crippen LogP) is 3.99. The van der Waals surface area contributed by atoms with Crippen molar-refractivity contribution in [2.75, 3.05) is 6.54 Å². The molecule has 15 heteroatoms. The molecule has 12 nitrogen and oxygen atoms in total. The highest BCUT2D eigenvalue weighted by atomic mass is 19.4. The highest BCUT2D eigenvalue weighted by molar-refractivity contribution is 5.90. The first kappa shape index (κ1) is 28.8. The Bertz CT molecular complexity index is 1320. The SMILES string of the molecule is CCCc1ccc(OC(F)(F)F)cc1-c1nnc(C(=O)N[C@@H]2C[C@@H](Cn3ccnn3)N(C(=O)OC(C)(C)C)C2)o1. The molecule has 0 aliphatic carbocycles. The maximum Gasteiger partial charge on any atom is 0.573 e. The molecule has 1 aliphatic rings. The van der Waals surface area contributed by atoms with Gasteiger partial charge in [0.15, 0.2) is 0 Å². The van der Waals surface area contributed by atoms with E-state index in [1.165, 1.54) is 23.2 Å². The van der Waals surface area contributed by atoms with Crippen LogP contribution in [0.2, 0.25) is 0 Å². The zero-order chi connectivity index (χ0) is 29.1. The highest BCUT2D eigenvalue weighted by Gasteiger charge is 2.39. The van der Waals surface area contributed by atoms with Crippen molar-refractivity contribution >= 4 is 12.0 Å². The van der Waals surface area contributed by atoms with E-state index in [9.17, 15) is 22.8 Å². The smallest absolute Gasteiger partial charge is 0.444 e. The zero-order valence-electron chi connectivity index (χ0n) is 22.4. The Morgan fingerprint density at radius 3 is 2.62 bits per heavy atom. The first-order chi connectivity index (χ1) is 18.8. The Labute approximate surface area is 227 Å². The quantitative estimate of drug-likeness (QED) is 0.430. The predicted molar refractivity (Wildman–Crippen MR) is 133 cm³/mol. The average Bonchev–Trinajstić information content (AvgIpc) is 3.60. The molecule has 40 heavy (non-hydrogen) atoms. The number of nitrogens with one attached hydrogen (secondary N) is 1. The Morgan fingerprint density at radius 2 is 1.98 bits per heavy atom. The fourth-order valence-corrected chi connectivity index (χ4v) is 4.39. The second-order valence-electron chi connectivity index (χ2n) is 10.3. The van der Waals surface area contributed by atoms with Gasteiger partial charge in [-0.2, -0.15) is 0 Å². The molecule has 1 fully saturated rings. The number of aromatic nitrogens is 5. The summed E-state index contributed by atoms with van der Waals surface area (Å²) in [5.74, 6) is -1.62. The van der Waals surface area contributed by atoms with Crippen molar-refractivity contribution in [2.45, 2.75) is 77.5 Å². The van der Waals surface area contributed by atoms with Crippen LogP contribution in [0.3, 0.4) is 0 Å². The Morgan fingerprint density at radius 1 is 1.20 bits per heavy atom. The number of aryl methyl sites for hydroxylation is 1. The van der Waals surface area contributed by atoms with E-state index in [0.717, 1.165) is 6.07 Å². The zero-order valence-corrected chi connectivity index (χ0v) is 22.4. The molecular formula is C25H30F3N7O5. The van der Waals surface area contributed by atoms with Crippen molar-refractivity contribution in [1.29, 1.82) is 0 Å². The summed E-state index contributed by atoms with van der Waals surface area (Å²) < 4.78 is 55.0. The van der Waals surface area contributed by atoms with Gasteiger partial charge in [-0.05, 0) is 51.3 Å². The number of halogens is 3. The molecule has 2 amide bonds. The van der Waals surface area contributed by atoms with Crippen molar-refractivity contribution in [2.24, 2.45) is 0 Å². The van der Waals surface area contributed by atoms with E-state index in [-0.39, 0.29) is 29.9 Å². The Kier molecular flexibility index (Phi) is 8.30. The van der Waals surface area contributed by atoms with Gasteiger partial charge in [0, 0.05) is 24.3 Å². The molecule has 2 atom stereocenters. The van der Waals surface area contributed by atoms with Gasteiger partial charge in [-0.15, -0.1) is 28.5 Å². The van der Waals surface area contributed by atoms with E-state index in [1.807, 2.05) is 6.92 Å². The number of ether oxygens (including phenoxy) is 2. The van der Waals surface area contributed by atoms with Crippen molar-refractivity contribution in [3.8, 4) is 17.2 Å². The molecule has 0 bridgehead atoms. The van der Waals surface area contributed by atoms with E-state index < -0.39 is 35.8 Å². The van der Waals surface area contributed by atoms with E-state index in [1.54, 1.807) is 31.6 Å². The summed E-state index contributed by atoms with van der Waals surface area (Å²) in [6.45, 7) is 7.70. The number of carbonyl (C=O) groups is 2. The van der Waals surface area contributed by atoms with E-state index >= 15 is 0 Å². The normalized spacial score (nSPS) is 17.6. The topological polar surface area (TPSA) is 138 Å². The summed E-state index contributed by atoms with van der Waals surface area (Å²) in [7, 11) is 0. The number of likely N-dealkylation sites (tertiary alicyclic amines) is 1. The summed E-state index contributed by atoms with van der Waals surface area (Å²) >= 11 is 0. The number of rotatable bonds is 8. The van der Waals surface area contributed by atoms with Crippen molar-refractivity contribution in [3.63, 3.8) is 0 Å². The molecule has 0 unspecified atom stereocenters. The van der Waals surface area contributed by atoms with Crippen LogP contribution in [0, 0.1) is 0 Å². The minimum absolute atomic E-state index is 0.118. The molecule has 1 saturated heterocycles. The second kappa shape index (κ2) is 11.5. The van der Waals surface area contributed by atoms with Crippen LogP contribution < -0.4 is 10.1 Å². The molecule has 2 aromatic heterocycles. The third kappa shape index (κ3) is 7.48. The molecule has 1 aliphatic heterocycles. The summed E-state index contributed by atoms with van der Waals surface area (Å²) in [5.41, 5.74) is 0.183. The van der Waals surface area contributed by atoms with Crippen LogP contribution in [0.25, 0.3) is 11.5 Å². The number of hydrogen-bond acceptors (Lipinski definition) is 9. The molecule has 3 aromatic rings. The van der Waals surface area contributed by atoms with E-state index in [4.69, 9.17) is 9.15 Å². The number of alkyl halides is 3. The van der Waals surface area contributed by atoms with Crippen LogP contribution in [0.1, 0.15) is 56.8 Å². The minimum Gasteiger partial charge on any atom is -0.444 e. The van der Waals surface area contributed by atoms with Crippen LogP contribution >= 0.6 is 0 Å². The highest BCUT2D eigenvalue weighted by Crippen LogP contribution is 2.31. The lowest BCUT2D eigenvalue weighted by Crippen LogP contribution is -2.43. The molecule has 4 rings (SSSR count). The fraction of sp³-hybridized carbons (Fsp3) is 0.520. The third-order valence-corrected chi connectivity index (χ3v) is 5.93. The van der Waals surface area contributed by atoms with Crippen LogP contribution in [0.5, 0.6) is 5.75 Å². The van der Waals surface area contributed by atoms with Gasteiger partial charge < -0.3 is 24.1 Å². The minimum atomic E-state index is -4.87. The molecule has 1 N–H and O–H groups in total. The first-order valence-corrected chi connectivity index (χ1v) is 12.7. The van der Waals surface area contributed by atoms with E-state index in [2.05, 4.69) is 30.6 Å². The maximum absolute atomic E-state index is 13.0. The number of amides is 2. The number of benzene rings is 1. The first-order valence-electron chi connectivity index (χ1n) is 12.7. The van der Waals surface area contributed by atoms with Crippen LogP contribution in [0.15, 0.2) is 35.0 Å². The molecule has 216 valence electrons. The van der Waals surface area contributed by atoms with Gasteiger partial charge in [-0.1, -0.05) is 24.6 Å². The lowest BCUT2D eigenvalue weighted by atomic mass is 10.0. The summed E-state index contributed by atoms with van der Waals surface area (Å²) in [4.78, 5) is 27.4.